The molecule has 0 saturated carbocycles. The number of rotatable bonds is 8. The van der Waals surface area contributed by atoms with Gasteiger partial charge in [-0.25, -0.2) is 0 Å². The quantitative estimate of drug-likeness (QED) is 0.578. The van der Waals surface area contributed by atoms with E-state index in [0.717, 1.165) is 0 Å². The molecule has 0 aromatic heterocycles. The standard InChI is InChI=1S/C8H18N2O4S2/c1-6(2)9-16(13,14)10-7(8(11)12)4-5-15-3/h6-7,9-10H,4-5H2,1-3H3,(H,11,12). The second-order valence-corrected chi connectivity index (χ2v) is 6.03. The zero-order valence-electron chi connectivity index (χ0n) is 9.56. The Morgan fingerprint density at radius 1 is 1.38 bits per heavy atom. The molecule has 3 N–H and O–H groups in total. The van der Waals surface area contributed by atoms with Gasteiger partial charge in [0.15, 0.2) is 0 Å². The van der Waals surface area contributed by atoms with Crippen LogP contribution in [0.2, 0.25) is 0 Å². The summed E-state index contributed by atoms with van der Waals surface area (Å²) < 4.78 is 27.2. The van der Waals surface area contributed by atoms with Crippen molar-refractivity contribution >= 4 is 27.9 Å². The van der Waals surface area contributed by atoms with Gasteiger partial charge in [0.05, 0.1) is 0 Å². The van der Waals surface area contributed by atoms with Crippen molar-refractivity contribution < 1.29 is 18.3 Å². The molecule has 0 saturated heterocycles. The van der Waals surface area contributed by atoms with Crippen LogP contribution in [-0.2, 0) is 15.0 Å². The summed E-state index contributed by atoms with van der Waals surface area (Å²) in [6.45, 7) is 3.33. The first-order valence-corrected chi connectivity index (χ1v) is 7.67. The molecule has 0 fully saturated rings. The molecule has 16 heavy (non-hydrogen) atoms. The average Bonchev–Trinajstić information content (AvgIpc) is 2.09. The van der Waals surface area contributed by atoms with E-state index in [2.05, 4.69) is 9.44 Å². The van der Waals surface area contributed by atoms with Crippen LogP contribution < -0.4 is 9.44 Å². The Balaban J connectivity index is 4.44. The Hall–Kier alpha value is -0.310. The normalized spacial score (nSPS) is 14.0. The van der Waals surface area contributed by atoms with Crippen molar-refractivity contribution in [1.29, 1.82) is 0 Å². The van der Waals surface area contributed by atoms with Crippen LogP contribution in [-0.4, -0.2) is 43.6 Å². The van der Waals surface area contributed by atoms with Gasteiger partial charge < -0.3 is 5.11 Å². The van der Waals surface area contributed by atoms with E-state index in [0.29, 0.717) is 5.75 Å². The lowest BCUT2D eigenvalue weighted by molar-refractivity contribution is -0.139. The summed E-state index contributed by atoms with van der Waals surface area (Å²) in [6, 6.07) is -1.35. The summed E-state index contributed by atoms with van der Waals surface area (Å²) >= 11 is 1.47. The van der Waals surface area contributed by atoms with E-state index < -0.39 is 22.2 Å². The monoisotopic (exact) mass is 270 g/mol. The van der Waals surface area contributed by atoms with E-state index >= 15 is 0 Å². The first-order chi connectivity index (χ1) is 7.28. The minimum atomic E-state index is -3.75. The lowest BCUT2D eigenvalue weighted by Gasteiger charge is -2.16. The maximum Gasteiger partial charge on any atom is 0.321 e. The van der Waals surface area contributed by atoms with Gasteiger partial charge >= 0.3 is 5.97 Å². The van der Waals surface area contributed by atoms with E-state index in [4.69, 9.17) is 5.11 Å². The first-order valence-electron chi connectivity index (χ1n) is 4.80. The fraction of sp³-hybridized carbons (Fsp3) is 0.875. The van der Waals surface area contributed by atoms with Crippen molar-refractivity contribution in [2.24, 2.45) is 0 Å². The van der Waals surface area contributed by atoms with Crippen LogP contribution in [0.3, 0.4) is 0 Å². The molecule has 1 atom stereocenters. The molecule has 0 rings (SSSR count). The first kappa shape index (κ1) is 15.7. The van der Waals surface area contributed by atoms with Gasteiger partial charge in [-0.2, -0.15) is 29.6 Å². The van der Waals surface area contributed by atoms with Crippen molar-refractivity contribution in [1.82, 2.24) is 9.44 Å². The van der Waals surface area contributed by atoms with Crippen LogP contribution in [0.5, 0.6) is 0 Å². The van der Waals surface area contributed by atoms with Gasteiger partial charge in [0.1, 0.15) is 6.04 Å². The second kappa shape index (κ2) is 7.10. The Labute approximate surface area is 100 Å². The van der Waals surface area contributed by atoms with Crippen molar-refractivity contribution in [3.63, 3.8) is 0 Å². The number of nitrogens with one attached hydrogen (secondary N) is 2. The summed E-state index contributed by atoms with van der Waals surface area (Å²) in [4.78, 5) is 10.8. The molecule has 0 heterocycles. The fourth-order valence-electron chi connectivity index (χ4n) is 1.00. The number of carbonyl (C=O) groups is 1. The largest absolute Gasteiger partial charge is 0.480 e. The van der Waals surface area contributed by atoms with Gasteiger partial charge in [0.2, 0.25) is 0 Å². The topological polar surface area (TPSA) is 95.5 Å². The van der Waals surface area contributed by atoms with Gasteiger partial charge in [0.25, 0.3) is 10.2 Å². The van der Waals surface area contributed by atoms with Crippen LogP contribution in [0.15, 0.2) is 0 Å². The molecule has 96 valence electrons. The van der Waals surface area contributed by atoms with E-state index in [9.17, 15) is 13.2 Å². The molecule has 0 spiro atoms. The molecule has 0 aromatic rings. The third-order valence-electron chi connectivity index (χ3n) is 1.60. The Morgan fingerprint density at radius 3 is 2.31 bits per heavy atom. The SMILES string of the molecule is CSCCC(NS(=O)(=O)NC(C)C)C(=O)O. The van der Waals surface area contributed by atoms with Crippen LogP contribution >= 0.6 is 11.8 Å². The van der Waals surface area contributed by atoms with E-state index in [-0.39, 0.29) is 12.5 Å². The van der Waals surface area contributed by atoms with Crippen molar-refractivity contribution in [3.05, 3.63) is 0 Å². The predicted molar refractivity (Wildman–Crippen MR) is 64.8 cm³/mol. The van der Waals surface area contributed by atoms with E-state index in [1.165, 1.54) is 11.8 Å². The van der Waals surface area contributed by atoms with Gasteiger partial charge in [-0.05, 0) is 32.3 Å². The van der Waals surface area contributed by atoms with Crippen molar-refractivity contribution in [3.8, 4) is 0 Å². The predicted octanol–water partition coefficient (Wildman–Crippen LogP) is 0.0251. The Morgan fingerprint density at radius 2 is 1.94 bits per heavy atom. The van der Waals surface area contributed by atoms with E-state index in [1.54, 1.807) is 13.8 Å². The lowest BCUT2D eigenvalue weighted by atomic mass is 10.2. The molecule has 0 aliphatic rings. The summed E-state index contributed by atoms with van der Waals surface area (Å²) in [6.07, 6.45) is 2.09. The van der Waals surface area contributed by atoms with Crippen molar-refractivity contribution in [2.75, 3.05) is 12.0 Å². The number of aliphatic carboxylic acids is 1. The van der Waals surface area contributed by atoms with Gasteiger partial charge in [-0.3, -0.25) is 4.79 Å². The molecule has 0 bridgehead atoms. The maximum absolute atomic E-state index is 11.4. The summed E-state index contributed by atoms with van der Waals surface area (Å²) in [5, 5.41) is 8.83. The summed E-state index contributed by atoms with van der Waals surface area (Å²) in [5.41, 5.74) is 0. The van der Waals surface area contributed by atoms with Crippen molar-refractivity contribution in [2.45, 2.75) is 32.4 Å². The number of carboxylic acid groups (broad SMARTS) is 1. The highest BCUT2D eigenvalue weighted by molar-refractivity contribution is 7.98. The van der Waals surface area contributed by atoms with Gasteiger partial charge in [-0.1, -0.05) is 0 Å². The van der Waals surface area contributed by atoms with Gasteiger partial charge in [0, 0.05) is 6.04 Å². The highest BCUT2D eigenvalue weighted by Crippen LogP contribution is 2.02. The molecule has 8 heteroatoms. The minimum absolute atomic E-state index is 0.259. The number of hydrogen-bond donors (Lipinski definition) is 3. The van der Waals surface area contributed by atoms with Crippen LogP contribution in [0.4, 0.5) is 0 Å². The number of carboxylic acids is 1. The fourth-order valence-corrected chi connectivity index (χ4v) is 2.75. The molecule has 1 unspecified atom stereocenters. The minimum Gasteiger partial charge on any atom is -0.480 e. The van der Waals surface area contributed by atoms with Crippen LogP contribution in [0.1, 0.15) is 20.3 Å². The third kappa shape index (κ3) is 7.04. The molecule has 0 aliphatic heterocycles. The lowest BCUT2D eigenvalue weighted by Crippen LogP contribution is -2.48. The highest BCUT2D eigenvalue weighted by atomic mass is 32.2. The molecule has 0 radical (unpaired) electrons. The third-order valence-corrected chi connectivity index (χ3v) is 3.62. The Bertz CT molecular complexity index is 316. The molecule has 6 nitrogen and oxygen atoms in total. The molecular weight excluding hydrogens is 252 g/mol. The Kier molecular flexibility index (Phi) is 6.96. The van der Waals surface area contributed by atoms with E-state index in [1.807, 2.05) is 6.26 Å². The molecule has 0 aliphatic carbocycles. The smallest absolute Gasteiger partial charge is 0.321 e. The summed E-state index contributed by atoms with van der Waals surface area (Å²) in [7, 11) is -3.75. The number of hydrogen-bond acceptors (Lipinski definition) is 4. The second-order valence-electron chi connectivity index (χ2n) is 3.57. The zero-order valence-corrected chi connectivity index (χ0v) is 11.2. The van der Waals surface area contributed by atoms with Gasteiger partial charge in [-0.15, -0.1) is 0 Å². The molecule has 0 aromatic carbocycles. The average molecular weight is 270 g/mol. The van der Waals surface area contributed by atoms with Crippen LogP contribution in [0.25, 0.3) is 0 Å². The molecular formula is C8H18N2O4S2. The zero-order chi connectivity index (χ0) is 12.8. The highest BCUT2D eigenvalue weighted by Gasteiger charge is 2.23. The maximum atomic E-state index is 11.4. The summed E-state index contributed by atoms with van der Waals surface area (Å²) in [5.74, 6) is -0.579. The molecule has 0 amide bonds. The number of thioether (sulfide) groups is 1. The van der Waals surface area contributed by atoms with Crippen LogP contribution in [0, 0.1) is 0 Å².